The molecule has 1 fully saturated rings. The molecule has 2 rings (SSSR count). The molecule has 1 aromatic rings. The molecule has 1 heterocycles. The van der Waals surface area contributed by atoms with Gasteiger partial charge in [-0.05, 0) is 42.9 Å². The van der Waals surface area contributed by atoms with Gasteiger partial charge >= 0.3 is 0 Å². The molecule has 0 radical (unpaired) electrons. The van der Waals surface area contributed by atoms with Crippen LogP contribution in [0.5, 0.6) is 0 Å². The molecular weight excluding hydrogens is 246 g/mol. The van der Waals surface area contributed by atoms with Crippen LogP contribution in [0, 0.1) is 17.3 Å². The number of anilines is 1. The Morgan fingerprint density at radius 1 is 1.25 bits per heavy atom. The summed E-state index contributed by atoms with van der Waals surface area (Å²) in [6, 6.07) is 0. The standard InChI is InChI=1S/C17H31N3/c1-12(2)10-20-11-19-15(16(20)18)13-6-8-14(9-7-13)17(3,4)5/h11-14H,6-10,18H2,1-5H3. The fourth-order valence-corrected chi connectivity index (χ4v) is 3.49. The minimum atomic E-state index is 0.438. The minimum absolute atomic E-state index is 0.438. The van der Waals surface area contributed by atoms with E-state index in [1.807, 2.05) is 6.33 Å². The van der Waals surface area contributed by atoms with E-state index in [-0.39, 0.29) is 0 Å². The zero-order valence-corrected chi connectivity index (χ0v) is 13.8. The van der Waals surface area contributed by atoms with Gasteiger partial charge in [-0.3, -0.25) is 0 Å². The molecule has 1 aliphatic carbocycles. The van der Waals surface area contributed by atoms with E-state index in [1.165, 1.54) is 25.7 Å². The predicted molar refractivity (Wildman–Crippen MR) is 85.6 cm³/mol. The first-order valence-electron chi connectivity index (χ1n) is 8.09. The van der Waals surface area contributed by atoms with Crippen LogP contribution in [-0.4, -0.2) is 9.55 Å². The highest BCUT2D eigenvalue weighted by molar-refractivity contribution is 5.38. The van der Waals surface area contributed by atoms with E-state index in [0.717, 1.165) is 24.0 Å². The van der Waals surface area contributed by atoms with Crippen molar-refractivity contribution in [1.29, 1.82) is 0 Å². The molecule has 2 N–H and O–H groups in total. The highest BCUT2D eigenvalue weighted by Gasteiger charge is 2.31. The van der Waals surface area contributed by atoms with E-state index >= 15 is 0 Å². The Morgan fingerprint density at radius 3 is 2.35 bits per heavy atom. The summed E-state index contributed by atoms with van der Waals surface area (Å²) >= 11 is 0. The largest absolute Gasteiger partial charge is 0.384 e. The van der Waals surface area contributed by atoms with Crippen LogP contribution in [0.3, 0.4) is 0 Å². The maximum Gasteiger partial charge on any atom is 0.126 e. The molecule has 3 heteroatoms. The molecule has 1 aromatic heterocycles. The lowest BCUT2D eigenvalue weighted by atomic mass is 9.69. The lowest BCUT2D eigenvalue weighted by Gasteiger charge is -2.36. The van der Waals surface area contributed by atoms with Crippen LogP contribution < -0.4 is 5.73 Å². The fourth-order valence-electron chi connectivity index (χ4n) is 3.49. The second-order valence-corrected chi connectivity index (χ2v) is 7.98. The molecule has 0 amide bonds. The van der Waals surface area contributed by atoms with Crippen molar-refractivity contribution in [3.8, 4) is 0 Å². The zero-order valence-electron chi connectivity index (χ0n) is 13.8. The number of nitrogens with two attached hydrogens (primary N) is 1. The van der Waals surface area contributed by atoms with Crippen molar-refractivity contribution in [3.05, 3.63) is 12.0 Å². The maximum atomic E-state index is 6.30. The Hall–Kier alpha value is -0.990. The number of nitrogen functional groups attached to an aromatic ring is 1. The van der Waals surface area contributed by atoms with Crippen LogP contribution in [0.25, 0.3) is 0 Å². The van der Waals surface area contributed by atoms with Crippen molar-refractivity contribution >= 4 is 5.82 Å². The highest BCUT2D eigenvalue weighted by atomic mass is 15.1. The van der Waals surface area contributed by atoms with E-state index in [4.69, 9.17) is 5.73 Å². The molecule has 0 unspecified atom stereocenters. The van der Waals surface area contributed by atoms with Gasteiger partial charge in [0.25, 0.3) is 0 Å². The van der Waals surface area contributed by atoms with Crippen LogP contribution >= 0.6 is 0 Å². The summed E-state index contributed by atoms with van der Waals surface area (Å²) in [5.74, 6) is 2.92. The Morgan fingerprint density at radius 2 is 1.85 bits per heavy atom. The molecule has 0 saturated heterocycles. The number of nitrogens with zero attached hydrogens (tertiary/aromatic N) is 2. The molecule has 20 heavy (non-hydrogen) atoms. The predicted octanol–water partition coefficient (Wildman–Crippen LogP) is 4.44. The first kappa shape index (κ1) is 15.4. The van der Waals surface area contributed by atoms with Gasteiger partial charge in [-0.2, -0.15) is 0 Å². The SMILES string of the molecule is CC(C)Cn1cnc(C2CCC(C(C)(C)C)CC2)c1N. The average molecular weight is 277 g/mol. The number of imidazole rings is 1. The van der Waals surface area contributed by atoms with Crippen molar-refractivity contribution < 1.29 is 0 Å². The molecule has 0 bridgehead atoms. The average Bonchev–Trinajstić information content (AvgIpc) is 2.69. The van der Waals surface area contributed by atoms with Gasteiger partial charge in [0.05, 0.1) is 12.0 Å². The summed E-state index contributed by atoms with van der Waals surface area (Å²) in [7, 11) is 0. The molecule has 0 spiro atoms. The van der Waals surface area contributed by atoms with Crippen molar-refractivity contribution in [2.75, 3.05) is 5.73 Å². The van der Waals surface area contributed by atoms with Crippen LogP contribution in [0.1, 0.15) is 71.9 Å². The second-order valence-electron chi connectivity index (χ2n) is 7.98. The molecule has 1 aliphatic rings. The highest BCUT2D eigenvalue weighted by Crippen LogP contribution is 2.43. The van der Waals surface area contributed by atoms with Crippen molar-refractivity contribution in [2.24, 2.45) is 17.3 Å². The normalized spacial score (nSPS) is 24.3. The van der Waals surface area contributed by atoms with E-state index in [2.05, 4.69) is 44.2 Å². The third-order valence-electron chi connectivity index (χ3n) is 4.81. The molecule has 0 atom stereocenters. The Labute approximate surface area is 124 Å². The van der Waals surface area contributed by atoms with E-state index in [1.54, 1.807) is 0 Å². The summed E-state index contributed by atoms with van der Waals surface area (Å²) < 4.78 is 2.12. The van der Waals surface area contributed by atoms with Gasteiger partial charge in [0.1, 0.15) is 5.82 Å². The van der Waals surface area contributed by atoms with Gasteiger partial charge in [-0.1, -0.05) is 34.6 Å². The first-order chi connectivity index (χ1) is 9.29. The lowest BCUT2D eigenvalue weighted by molar-refractivity contribution is 0.168. The summed E-state index contributed by atoms with van der Waals surface area (Å²) in [6.45, 7) is 12.5. The maximum absolute atomic E-state index is 6.30. The Kier molecular flexibility index (Phi) is 4.46. The summed E-state index contributed by atoms with van der Waals surface area (Å²) in [6.07, 6.45) is 7.03. The number of hydrogen-bond acceptors (Lipinski definition) is 2. The van der Waals surface area contributed by atoms with Crippen molar-refractivity contribution in [3.63, 3.8) is 0 Å². The zero-order chi connectivity index (χ0) is 14.9. The van der Waals surface area contributed by atoms with E-state index in [0.29, 0.717) is 17.3 Å². The van der Waals surface area contributed by atoms with Gasteiger partial charge in [0.2, 0.25) is 0 Å². The molecule has 0 aliphatic heterocycles. The number of hydrogen-bond donors (Lipinski definition) is 1. The van der Waals surface area contributed by atoms with Gasteiger partial charge in [-0.15, -0.1) is 0 Å². The Bertz CT molecular complexity index is 432. The summed E-state index contributed by atoms with van der Waals surface area (Å²) in [5, 5.41) is 0. The lowest BCUT2D eigenvalue weighted by Crippen LogP contribution is -2.25. The molecule has 0 aromatic carbocycles. The van der Waals surface area contributed by atoms with Crippen LogP contribution in [-0.2, 0) is 6.54 Å². The van der Waals surface area contributed by atoms with Crippen LogP contribution in [0.2, 0.25) is 0 Å². The molecule has 1 saturated carbocycles. The van der Waals surface area contributed by atoms with Crippen molar-refractivity contribution in [2.45, 2.75) is 72.8 Å². The van der Waals surface area contributed by atoms with Gasteiger partial charge in [0.15, 0.2) is 0 Å². The van der Waals surface area contributed by atoms with Crippen LogP contribution in [0.4, 0.5) is 5.82 Å². The van der Waals surface area contributed by atoms with Gasteiger partial charge in [-0.25, -0.2) is 4.98 Å². The fraction of sp³-hybridized carbons (Fsp3) is 0.824. The van der Waals surface area contributed by atoms with Gasteiger partial charge in [0, 0.05) is 12.5 Å². The summed E-state index contributed by atoms with van der Waals surface area (Å²) in [5.41, 5.74) is 7.89. The molecular formula is C17H31N3. The Balaban J connectivity index is 2.02. The smallest absolute Gasteiger partial charge is 0.126 e. The third kappa shape index (κ3) is 3.36. The quantitative estimate of drug-likeness (QED) is 0.887. The van der Waals surface area contributed by atoms with E-state index in [9.17, 15) is 0 Å². The first-order valence-corrected chi connectivity index (χ1v) is 8.09. The van der Waals surface area contributed by atoms with Crippen molar-refractivity contribution in [1.82, 2.24) is 9.55 Å². The second kappa shape index (κ2) is 5.79. The summed E-state index contributed by atoms with van der Waals surface area (Å²) in [4.78, 5) is 4.62. The van der Waals surface area contributed by atoms with Gasteiger partial charge < -0.3 is 10.3 Å². The minimum Gasteiger partial charge on any atom is -0.384 e. The molecule has 114 valence electrons. The third-order valence-corrected chi connectivity index (χ3v) is 4.81. The van der Waals surface area contributed by atoms with E-state index < -0.39 is 0 Å². The molecule has 3 nitrogen and oxygen atoms in total. The number of rotatable bonds is 3. The monoisotopic (exact) mass is 277 g/mol. The topological polar surface area (TPSA) is 43.8 Å². The van der Waals surface area contributed by atoms with Crippen LogP contribution in [0.15, 0.2) is 6.33 Å². The number of aromatic nitrogens is 2.